The molecule has 0 saturated heterocycles. The van der Waals surface area contributed by atoms with E-state index in [1.54, 1.807) is 12.4 Å². The summed E-state index contributed by atoms with van der Waals surface area (Å²) in [6, 6.07) is 0. The highest BCUT2D eigenvalue weighted by molar-refractivity contribution is 9.10. The van der Waals surface area contributed by atoms with Crippen LogP contribution in [0.1, 0.15) is 25.7 Å². The van der Waals surface area contributed by atoms with Gasteiger partial charge in [-0.25, -0.2) is 0 Å². The molecule has 0 amide bonds. The summed E-state index contributed by atoms with van der Waals surface area (Å²) in [5.74, 6) is 0. The number of rotatable bonds is 6. The largest absolute Gasteiger partial charge is 0.396 e. The van der Waals surface area contributed by atoms with Crippen LogP contribution in [0.5, 0.6) is 0 Å². The number of aliphatic hydroxyl groups excluding tert-OH is 1. The van der Waals surface area contributed by atoms with Crippen molar-refractivity contribution in [2.24, 2.45) is 0 Å². The number of aliphatic hydroxyl groups is 1. The average molecular weight is 289 g/mol. The second-order valence-corrected chi connectivity index (χ2v) is 4.62. The summed E-state index contributed by atoms with van der Waals surface area (Å²) in [4.78, 5) is 11.3. The molecule has 0 aliphatic carbocycles. The molecule has 3 N–H and O–H groups in total. The molecule has 0 bridgehead atoms. The Kier molecular flexibility index (Phi) is 5.55. The quantitative estimate of drug-likeness (QED) is 0.784. The number of nitrogen functional groups attached to an aromatic ring is 1. The van der Waals surface area contributed by atoms with Gasteiger partial charge in [0.2, 0.25) is 5.43 Å². The lowest BCUT2D eigenvalue weighted by Crippen LogP contribution is -2.13. The highest BCUT2D eigenvalue weighted by atomic mass is 79.9. The highest BCUT2D eigenvalue weighted by Gasteiger charge is 2.01. The zero-order valence-electron chi connectivity index (χ0n) is 9.16. The predicted molar refractivity (Wildman–Crippen MR) is 68.4 cm³/mol. The molecule has 1 heterocycles. The van der Waals surface area contributed by atoms with Crippen LogP contribution in [-0.4, -0.2) is 16.3 Å². The van der Waals surface area contributed by atoms with Crippen LogP contribution >= 0.6 is 15.9 Å². The van der Waals surface area contributed by atoms with Gasteiger partial charge in [0.25, 0.3) is 0 Å². The molecule has 16 heavy (non-hydrogen) atoms. The van der Waals surface area contributed by atoms with Gasteiger partial charge >= 0.3 is 0 Å². The lowest BCUT2D eigenvalue weighted by atomic mass is 10.2. The normalized spacial score (nSPS) is 10.6. The van der Waals surface area contributed by atoms with Crippen LogP contribution in [0.2, 0.25) is 0 Å². The Morgan fingerprint density at radius 1 is 1.25 bits per heavy atom. The van der Waals surface area contributed by atoms with Gasteiger partial charge in [0.05, 0.1) is 10.2 Å². The number of halogens is 1. The molecule has 0 fully saturated rings. The van der Waals surface area contributed by atoms with E-state index in [9.17, 15) is 4.79 Å². The summed E-state index contributed by atoms with van der Waals surface area (Å²) in [5, 5.41) is 8.62. The summed E-state index contributed by atoms with van der Waals surface area (Å²) in [6.07, 6.45) is 7.41. The van der Waals surface area contributed by atoms with Crippen LogP contribution in [0, 0.1) is 0 Å². The second-order valence-electron chi connectivity index (χ2n) is 3.77. The van der Waals surface area contributed by atoms with Crippen LogP contribution in [0.4, 0.5) is 5.69 Å². The monoisotopic (exact) mass is 288 g/mol. The van der Waals surface area contributed by atoms with Crippen molar-refractivity contribution in [1.29, 1.82) is 0 Å². The molecule has 0 spiro atoms. The Balaban J connectivity index is 2.46. The number of nitrogens with zero attached hydrogens (tertiary/aromatic N) is 1. The van der Waals surface area contributed by atoms with E-state index < -0.39 is 0 Å². The number of unbranched alkanes of at least 4 members (excludes halogenated alkanes) is 3. The van der Waals surface area contributed by atoms with Crippen LogP contribution < -0.4 is 11.2 Å². The number of hydrogen-bond acceptors (Lipinski definition) is 3. The molecule has 90 valence electrons. The van der Waals surface area contributed by atoms with Gasteiger partial charge < -0.3 is 15.4 Å². The molecular formula is C11H17BrN2O2. The van der Waals surface area contributed by atoms with Crippen molar-refractivity contribution < 1.29 is 5.11 Å². The third-order valence-electron chi connectivity index (χ3n) is 2.39. The first-order valence-corrected chi connectivity index (χ1v) is 6.20. The summed E-state index contributed by atoms with van der Waals surface area (Å²) < 4.78 is 2.42. The van der Waals surface area contributed by atoms with Crippen LogP contribution in [0.25, 0.3) is 0 Å². The fourth-order valence-corrected chi connectivity index (χ4v) is 2.00. The standard InChI is InChI=1S/C11H17BrN2O2/c12-9-7-14(8-10(13)11(9)16)5-3-1-2-4-6-15/h7-8,15H,1-6,13H2. The molecule has 0 aliphatic heterocycles. The highest BCUT2D eigenvalue weighted by Crippen LogP contribution is 2.08. The van der Waals surface area contributed by atoms with Crippen molar-refractivity contribution >= 4 is 21.6 Å². The van der Waals surface area contributed by atoms with Crippen molar-refractivity contribution in [1.82, 2.24) is 4.57 Å². The molecule has 5 heteroatoms. The summed E-state index contributed by atoms with van der Waals surface area (Å²) in [6.45, 7) is 1.10. The van der Waals surface area contributed by atoms with Gasteiger partial charge in [0.15, 0.2) is 0 Å². The van der Waals surface area contributed by atoms with Crippen molar-refractivity contribution in [2.45, 2.75) is 32.2 Å². The van der Waals surface area contributed by atoms with Gasteiger partial charge in [-0.15, -0.1) is 0 Å². The van der Waals surface area contributed by atoms with E-state index in [2.05, 4.69) is 15.9 Å². The van der Waals surface area contributed by atoms with E-state index in [-0.39, 0.29) is 17.7 Å². The van der Waals surface area contributed by atoms with Gasteiger partial charge in [0, 0.05) is 25.5 Å². The molecule has 0 aromatic carbocycles. The maximum Gasteiger partial charge on any atom is 0.218 e. The maximum absolute atomic E-state index is 11.3. The first-order chi connectivity index (χ1) is 7.65. The Morgan fingerprint density at radius 3 is 2.56 bits per heavy atom. The molecule has 0 saturated carbocycles. The lowest BCUT2D eigenvalue weighted by Gasteiger charge is -2.07. The Labute approximate surface area is 103 Å². The van der Waals surface area contributed by atoms with E-state index in [0.717, 1.165) is 32.2 Å². The zero-order valence-corrected chi connectivity index (χ0v) is 10.7. The first-order valence-electron chi connectivity index (χ1n) is 5.41. The molecule has 1 aromatic heterocycles. The maximum atomic E-state index is 11.3. The molecule has 0 atom stereocenters. The van der Waals surface area contributed by atoms with Gasteiger partial charge in [-0.3, -0.25) is 4.79 Å². The zero-order chi connectivity index (χ0) is 12.0. The Hall–Kier alpha value is -0.810. The van der Waals surface area contributed by atoms with Gasteiger partial charge in [0.1, 0.15) is 0 Å². The molecule has 1 rings (SSSR count). The predicted octanol–water partition coefficient (Wildman–Crippen LogP) is 1.75. The fourth-order valence-electron chi connectivity index (χ4n) is 1.51. The number of nitrogens with two attached hydrogens (primary N) is 1. The average Bonchev–Trinajstić information content (AvgIpc) is 2.25. The lowest BCUT2D eigenvalue weighted by molar-refractivity contribution is 0.282. The second kappa shape index (κ2) is 6.70. The smallest absolute Gasteiger partial charge is 0.218 e. The van der Waals surface area contributed by atoms with Gasteiger partial charge in [-0.05, 0) is 28.8 Å². The van der Waals surface area contributed by atoms with E-state index >= 15 is 0 Å². The molecule has 4 nitrogen and oxygen atoms in total. The van der Waals surface area contributed by atoms with Crippen LogP contribution in [0.15, 0.2) is 21.7 Å². The summed E-state index contributed by atoms with van der Waals surface area (Å²) in [5.41, 5.74) is 5.69. The van der Waals surface area contributed by atoms with Crippen molar-refractivity contribution in [3.8, 4) is 0 Å². The van der Waals surface area contributed by atoms with Crippen molar-refractivity contribution in [3.63, 3.8) is 0 Å². The molecule has 1 aromatic rings. The topological polar surface area (TPSA) is 68.2 Å². The minimum atomic E-state index is -0.156. The van der Waals surface area contributed by atoms with Crippen LogP contribution in [-0.2, 0) is 6.54 Å². The van der Waals surface area contributed by atoms with E-state index in [1.807, 2.05) is 4.57 Å². The minimum Gasteiger partial charge on any atom is -0.396 e. The number of anilines is 1. The Bertz CT molecular complexity index is 364. The third kappa shape index (κ3) is 3.98. The van der Waals surface area contributed by atoms with E-state index in [1.165, 1.54) is 0 Å². The van der Waals surface area contributed by atoms with E-state index in [4.69, 9.17) is 10.8 Å². The number of pyridine rings is 1. The molecule has 0 unspecified atom stereocenters. The molecular weight excluding hydrogens is 272 g/mol. The first kappa shape index (κ1) is 13.3. The van der Waals surface area contributed by atoms with Gasteiger partial charge in [-0.2, -0.15) is 0 Å². The summed E-state index contributed by atoms with van der Waals surface area (Å²) in [7, 11) is 0. The molecule has 0 aliphatic rings. The fraction of sp³-hybridized carbons (Fsp3) is 0.545. The SMILES string of the molecule is Nc1cn(CCCCCCO)cc(Br)c1=O. The van der Waals surface area contributed by atoms with Crippen molar-refractivity contribution in [3.05, 3.63) is 27.1 Å². The van der Waals surface area contributed by atoms with Crippen molar-refractivity contribution in [2.75, 3.05) is 12.3 Å². The number of aromatic nitrogens is 1. The Morgan fingerprint density at radius 2 is 1.94 bits per heavy atom. The van der Waals surface area contributed by atoms with E-state index in [0.29, 0.717) is 4.47 Å². The van der Waals surface area contributed by atoms with Gasteiger partial charge in [-0.1, -0.05) is 12.8 Å². The minimum absolute atomic E-state index is 0.156. The number of hydrogen-bond donors (Lipinski definition) is 2. The third-order valence-corrected chi connectivity index (χ3v) is 2.95. The molecule has 0 radical (unpaired) electrons. The number of aryl methyl sites for hydroxylation is 1. The summed E-state index contributed by atoms with van der Waals surface area (Å²) >= 11 is 3.18. The van der Waals surface area contributed by atoms with Crippen LogP contribution in [0.3, 0.4) is 0 Å².